The van der Waals surface area contributed by atoms with E-state index in [4.69, 9.17) is 4.74 Å². The number of likely N-dealkylation sites (tertiary alicyclic amines) is 2. The van der Waals surface area contributed by atoms with Crippen LogP contribution in [0.25, 0.3) is 0 Å². The van der Waals surface area contributed by atoms with Gasteiger partial charge in [0.15, 0.2) is 0 Å². The van der Waals surface area contributed by atoms with Gasteiger partial charge in [-0.2, -0.15) is 0 Å². The second-order valence-corrected chi connectivity index (χ2v) is 9.08. The Bertz CT molecular complexity index is 1090. The number of carbonyl (C=O) groups excluding carboxylic acids is 1. The minimum Gasteiger partial charge on any atom is -0.497 e. The molecule has 2 aliphatic rings. The Balaban J connectivity index is 1.40. The number of hydrogen-bond acceptors (Lipinski definition) is 3. The number of nitrogens with zero attached hydrogens (tertiary/aromatic N) is 2. The minimum atomic E-state index is -0.206. The van der Waals surface area contributed by atoms with Crippen molar-refractivity contribution < 1.29 is 13.9 Å². The predicted octanol–water partition coefficient (Wildman–Crippen LogP) is 4.96. The van der Waals surface area contributed by atoms with Gasteiger partial charge in [-0.05, 0) is 53.9 Å². The van der Waals surface area contributed by atoms with Crippen LogP contribution in [0.1, 0.15) is 33.8 Å². The maximum absolute atomic E-state index is 13.4. The number of piperidine rings is 1. The lowest BCUT2D eigenvalue weighted by Crippen LogP contribution is -2.47. The van der Waals surface area contributed by atoms with Crippen LogP contribution < -0.4 is 4.74 Å². The Kier molecular flexibility index (Phi) is 6.14. The van der Waals surface area contributed by atoms with E-state index in [1.54, 1.807) is 7.11 Å². The van der Waals surface area contributed by atoms with Gasteiger partial charge in [-0.15, -0.1) is 0 Å². The molecule has 0 aromatic heterocycles. The lowest BCUT2D eigenvalue weighted by molar-refractivity contribution is 0.0614. The van der Waals surface area contributed by atoms with Gasteiger partial charge in [0.05, 0.1) is 7.11 Å². The van der Waals surface area contributed by atoms with Gasteiger partial charge < -0.3 is 9.64 Å². The second kappa shape index (κ2) is 9.36. The van der Waals surface area contributed by atoms with Crippen molar-refractivity contribution in [3.05, 3.63) is 101 Å². The topological polar surface area (TPSA) is 32.8 Å². The highest BCUT2D eigenvalue weighted by atomic mass is 19.1. The van der Waals surface area contributed by atoms with Crippen LogP contribution in [0.3, 0.4) is 0 Å². The second-order valence-electron chi connectivity index (χ2n) is 9.08. The molecule has 0 saturated carbocycles. The quantitative estimate of drug-likeness (QED) is 0.557. The summed E-state index contributed by atoms with van der Waals surface area (Å²) in [5.74, 6) is 1.37. The monoisotopic (exact) mass is 444 g/mol. The normalized spacial score (nSPS) is 22.7. The Hall–Kier alpha value is -3.18. The molecule has 5 rings (SSSR count). The zero-order valence-corrected chi connectivity index (χ0v) is 18.9. The van der Waals surface area contributed by atoms with Crippen LogP contribution in [-0.2, 0) is 6.54 Å². The number of amides is 1. The van der Waals surface area contributed by atoms with E-state index in [0.717, 1.165) is 49.5 Å². The fourth-order valence-electron chi connectivity index (χ4n) is 5.48. The third kappa shape index (κ3) is 4.51. The smallest absolute Gasteiger partial charge is 0.254 e. The number of hydrogen-bond donors (Lipinski definition) is 0. The molecular weight excluding hydrogens is 415 g/mol. The Morgan fingerprint density at radius 2 is 1.70 bits per heavy atom. The van der Waals surface area contributed by atoms with Crippen LogP contribution in [0.15, 0.2) is 78.9 Å². The van der Waals surface area contributed by atoms with E-state index < -0.39 is 0 Å². The van der Waals surface area contributed by atoms with E-state index in [0.29, 0.717) is 5.92 Å². The van der Waals surface area contributed by atoms with E-state index in [2.05, 4.69) is 21.9 Å². The van der Waals surface area contributed by atoms with Crippen LogP contribution in [-0.4, -0.2) is 48.5 Å². The van der Waals surface area contributed by atoms with Gasteiger partial charge in [-0.25, -0.2) is 4.39 Å². The van der Waals surface area contributed by atoms with Crippen molar-refractivity contribution in [2.75, 3.05) is 26.7 Å². The van der Waals surface area contributed by atoms with Gasteiger partial charge in [-0.3, -0.25) is 9.69 Å². The van der Waals surface area contributed by atoms with Crippen LogP contribution >= 0.6 is 0 Å². The summed E-state index contributed by atoms with van der Waals surface area (Å²) in [6, 6.07) is 24.9. The van der Waals surface area contributed by atoms with Crippen LogP contribution in [0.4, 0.5) is 4.39 Å². The molecule has 0 unspecified atom stereocenters. The molecule has 170 valence electrons. The summed E-state index contributed by atoms with van der Waals surface area (Å²) < 4.78 is 18.7. The molecule has 2 fully saturated rings. The lowest BCUT2D eigenvalue weighted by atomic mass is 9.81. The molecule has 2 saturated heterocycles. The molecule has 5 heteroatoms. The molecule has 2 aliphatic heterocycles. The summed E-state index contributed by atoms with van der Waals surface area (Å²) in [5.41, 5.74) is 3.12. The van der Waals surface area contributed by atoms with Gasteiger partial charge in [0, 0.05) is 49.6 Å². The first-order valence-corrected chi connectivity index (χ1v) is 11.6. The van der Waals surface area contributed by atoms with Gasteiger partial charge in [-0.1, -0.05) is 42.5 Å². The van der Waals surface area contributed by atoms with Crippen molar-refractivity contribution in [2.24, 2.45) is 5.92 Å². The van der Waals surface area contributed by atoms with Gasteiger partial charge in [0.25, 0.3) is 5.91 Å². The average Bonchev–Trinajstić information content (AvgIpc) is 3.24. The zero-order valence-electron chi connectivity index (χ0n) is 18.9. The lowest BCUT2D eigenvalue weighted by Gasteiger charge is -2.39. The average molecular weight is 445 g/mol. The van der Waals surface area contributed by atoms with Gasteiger partial charge >= 0.3 is 0 Å². The molecule has 33 heavy (non-hydrogen) atoms. The first-order valence-electron chi connectivity index (χ1n) is 11.6. The highest BCUT2D eigenvalue weighted by Gasteiger charge is 2.47. The molecule has 3 aromatic rings. The third-order valence-electron chi connectivity index (χ3n) is 7.16. The molecule has 2 heterocycles. The van der Waals surface area contributed by atoms with Crippen LogP contribution in [0, 0.1) is 11.7 Å². The first-order chi connectivity index (χ1) is 16.1. The van der Waals surface area contributed by atoms with E-state index >= 15 is 0 Å². The number of halogens is 1. The number of rotatable bonds is 5. The highest BCUT2D eigenvalue weighted by molar-refractivity contribution is 5.94. The highest BCUT2D eigenvalue weighted by Crippen LogP contribution is 2.42. The number of methoxy groups -OCH3 is 1. The van der Waals surface area contributed by atoms with Crippen molar-refractivity contribution >= 4 is 5.91 Å². The Morgan fingerprint density at radius 3 is 2.39 bits per heavy atom. The summed E-state index contributed by atoms with van der Waals surface area (Å²) in [6.45, 7) is 3.36. The van der Waals surface area contributed by atoms with Crippen molar-refractivity contribution in [1.29, 1.82) is 0 Å². The molecule has 0 N–H and O–H groups in total. The zero-order chi connectivity index (χ0) is 22.8. The number of benzene rings is 3. The molecular formula is C28H29FN2O2. The fourth-order valence-corrected chi connectivity index (χ4v) is 5.48. The molecule has 1 amide bonds. The molecule has 0 spiro atoms. The van der Waals surface area contributed by atoms with Crippen molar-refractivity contribution in [3.8, 4) is 5.75 Å². The SMILES string of the molecule is COc1ccc([C@H]2CN(C(=O)c3ccccc3)[C@@H]3CCN(Cc4ccc(F)cc4)C[C@H]23)cc1. The van der Waals surface area contributed by atoms with Gasteiger partial charge in [0.1, 0.15) is 11.6 Å². The van der Waals surface area contributed by atoms with Crippen molar-refractivity contribution in [1.82, 2.24) is 9.80 Å². The maximum atomic E-state index is 13.4. The Labute approximate surface area is 194 Å². The predicted molar refractivity (Wildman–Crippen MR) is 127 cm³/mol. The van der Waals surface area contributed by atoms with Crippen LogP contribution in [0.2, 0.25) is 0 Å². The van der Waals surface area contributed by atoms with E-state index in [9.17, 15) is 9.18 Å². The van der Waals surface area contributed by atoms with E-state index in [1.165, 1.54) is 17.7 Å². The number of fused-ring (bicyclic) bond motifs is 1. The Morgan fingerprint density at radius 1 is 0.970 bits per heavy atom. The molecule has 0 bridgehead atoms. The van der Waals surface area contributed by atoms with E-state index in [1.807, 2.05) is 54.6 Å². The summed E-state index contributed by atoms with van der Waals surface area (Å²) in [6.07, 6.45) is 0.942. The first kappa shape index (κ1) is 21.7. The van der Waals surface area contributed by atoms with Gasteiger partial charge in [0.2, 0.25) is 0 Å². The molecule has 3 atom stereocenters. The third-order valence-corrected chi connectivity index (χ3v) is 7.16. The molecule has 0 radical (unpaired) electrons. The summed E-state index contributed by atoms with van der Waals surface area (Å²) in [7, 11) is 1.68. The number of carbonyl (C=O) groups is 1. The fraction of sp³-hybridized carbons (Fsp3) is 0.321. The molecule has 4 nitrogen and oxygen atoms in total. The summed E-state index contributed by atoms with van der Waals surface area (Å²) in [5, 5.41) is 0. The van der Waals surface area contributed by atoms with Crippen molar-refractivity contribution in [2.45, 2.75) is 24.9 Å². The van der Waals surface area contributed by atoms with Crippen molar-refractivity contribution in [3.63, 3.8) is 0 Å². The van der Waals surface area contributed by atoms with Crippen LogP contribution in [0.5, 0.6) is 5.75 Å². The number of ether oxygens (including phenoxy) is 1. The minimum absolute atomic E-state index is 0.119. The summed E-state index contributed by atoms with van der Waals surface area (Å²) in [4.78, 5) is 18.0. The summed E-state index contributed by atoms with van der Waals surface area (Å²) >= 11 is 0. The maximum Gasteiger partial charge on any atom is 0.254 e. The largest absolute Gasteiger partial charge is 0.497 e. The molecule has 3 aromatic carbocycles. The van der Waals surface area contributed by atoms with E-state index in [-0.39, 0.29) is 23.7 Å². The molecule has 0 aliphatic carbocycles. The standard InChI is InChI=1S/C28H29FN2O2/c1-33-24-13-9-21(10-14-24)25-19-31(28(32)22-5-3-2-4-6-22)27-15-16-30(18-26(25)27)17-20-7-11-23(29)12-8-20/h2-14,25-27H,15-19H2,1H3/t25-,26-,27-/m1/s1.